The zero-order valence-corrected chi connectivity index (χ0v) is 8.92. The quantitative estimate of drug-likeness (QED) is 0.730. The zero-order valence-electron chi connectivity index (χ0n) is 7.34. The third-order valence-electron chi connectivity index (χ3n) is 1.71. The second-order valence-corrected chi connectivity index (χ2v) is 3.77. The Hall–Kier alpha value is -0.640. The molecule has 1 rings (SSSR count). The SMILES string of the molecule is CC(C)c1c(Br)c(C=O)nn1C. The second-order valence-electron chi connectivity index (χ2n) is 2.98. The highest BCUT2D eigenvalue weighted by Crippen LogP contribution is 2.26. The van der Waals surface area contributed by atoms with Crippen LogP contribution >= 0.6 is 15.9 Å². The Bertz CT molecular complexity index is 304. The van der Waals surface area contributed by atoms with Crippen molar-refractivity contribution in [1.82, 2.24) is 9.78 Å². The summed E-state index contributed by atoms with van der Waals surface area (Å²) in [6.07, 6.45) is 0.760. The molecule has 3 nitrogen and oxygen atoms in total. The summed E-state index contributed by atoms with van der Waals surface area (Å²) in [7, 11) is 1.84. The van der Waals surface area contributed by atoms with E-state index in [-0.39, 0.29) is 0 Å². The fourth-order valence-corrected chi connectivity index (χ4v) is 2.12. The maximum atomic E-state index is 10.5. The molecule has 0 radical (unpaired) electrons. The number of aromatic nitrogens is 2. The summed E-state index contributed by atoms with van der Waals surface area (Å²) < 4.78 is 2.55. The molecule has 0 spiro atoms. The van der Waals surface area contributed by atoms with E-state index < -0.39 is 0 Å². The van der Waals surface area contributed by atoms with Gasteiger partial charge >= 0.3 is 0 Å². The van der Waals surface area contributed by atoms with Crippen LogP contribution in [0.1, 0.15) is 35.9 Å². The highest BCUT2D eigenvalue weighted by atomic mass is 79.9. The van der Waals surface area contributed by atoms with Gasteiger partial charge in [0.1, 0.15) is 5.69 Å². The first kappa shape index (κ1) is 9.45. The van der Waals surface area contributed by atoms with Gasteiger partial charge in [-0.3, -0.25) is 9.48 Å². The average molecular weight is 231 g/mol. The Balaban J connectivity index is 3.27. The fraction of sp³-hybridized carbons (Fsp3) is 0.500. The number of hydrogen-bond donors (Lipinski definition) is 0. The molecule has 0 atom stereocenters. The van der Waals surface area contributed by atoms with Gasteiger partial charge in [-0.2, -0.15) is 5.10 Å². The summed E-state index contributed by atoms with van der Waals surface area (Å²) in [5.41, 5.74) is 1.53. The topological polar surface area (TPSA) is 34.9 Å². The van der Waals surface area contributed by atoms with Gasteiger partial charge in [0.15, 0.2) is 6.29 Å². The number of nitrogens with zero attached hydrogens (tertiary/aromatic N) is 2. The number of aryl methyl sites for hydroxylation is 1. The molecular formula is C8H11BrN2O. The molecule has 0 N–H and O–H groups in total. The van der Waals surface area contributed by atoms with Gasteiger partial charge in [0.2, 0.25) is 0 Å². The largest absolute Gasteiger partial charge is 0.296 e. The van der Waals surface area contributed by atoms with E-state index in [4.69, 9.17) is 0 Å². The maximum Gasteiger partial charge on any atom is 0.171 e. The van der Waals surface area contributed by atoms with E-state index in [1.807, 2.05) is 7.05 Å². The highest BCUT2D eigenvalue weighted by Gasteiger charge is 2.15. The fourth-order valence-electron chi connectivity index (χ4n) is 1.24. The summed E-state index contributed by atoms with van der Waals surface area (Å²) in [6, 6.07) is 0. The van der Waals surface area contributed by atoms with E-state index in [9.17, 15) is 4.79 Å². The molecule has 1 aromatic rings. The van der Waals surface area contributed by atoms with Crippen LogP contribution < -0.4 is 0 Å². The number of carbonyl (C=O) groups excluding carboxylic acids is 1. The third-order valence-corrected chi connectivity index (χ3v) is 2.53. The molecule has 0 aliphatic carbocycles. The number of rotatable bonds is 2. The smallest absolute Gasteiger partial charge is 0.171 e. The van der Waals surface area contributed by atoms with Crippen LogP contribution in [-0.4, -0.2) is 16.1 Å². The maximum absolute atomic E-state index is 10.5. The summed E-state index contributed by atoms with van der Waals surface area (Å²) in [5, 5.41) is 4.05. The van der Waals surface area contributed by atoms with Crippen LogP contribution in [0.25, 0.3) is 0 Å². The van der Waals surface area contributed by atoms with Gasteiger partial charge < -0.3 is 0 Å². The second kappa shape index (κ2) is 3.39. The van der Waals surface area contributed by atoms with Crippen molar-refractivity contribution >= 4 is 22.2 Å². The molecule has 0 bridgehead atoms. The molecule has 12 heavy (non-hydrogen) atoms. The predicted octanol–water partition coefficient (Wildman–Crippen LogP) is 2.12. The number of aldehydes is 1. The monoisotopic (exact) mass is 230 g/mol. The highest BCUT2D eigenvalue weighted by molar-refractivity contribution is 9.10. The van der Waals surface area contributed by atoms with Crippen LogP contribution in [0.2, 0.25) is 0 Å². The van der Waals surface area contributed by atoms with Gasteiger partial charge in [0, 0.05) is 7.05 Å². The van der Waals surface area contributed by atoms with Crippen LogP contribution in [0.15, 0.2) is 4.47 Å². The average Bonchev–Trinajstić information content (AvgIpc) is 2.25. The van der Waals surface area contributed by atoms with Crippen molar-refractivity contribution in [3.8, 4) is 0 Å². The normalized spacial score (nSPS) is 10.8. The third kappa shape index (κ3) is 1.43. The molecule has 4 heteroatoms. The molecule has 1 heterocycles. The molecule has 0 unspecified atom stereocenters. The molecule has 0 aliphatic rings. The van der Waals surface area contributed by atoms with Gasteiger partial charge in [-0.1, -0.05) is 13.8 Å². The van der Waals surface area contributed by atoms with Gasteiger partial charge in [-0.15, -0.1) is 0 Å². The zero-order chi connectivity index (χ0) is 9.30. The Morgan fingerprint density at radius 2 is 2.17 bits per heavy atom. The van der Waals surface area contributed by atoms with Crippen molar-refractivity contribution in [1.29, 1.82) is 0 Å². The predicted molar refractivity (Wildman–Crippen MR) is 50.4 cm³/mol. The lowest BCUT2D eigenvalue weighted by Gasteiger charge is -2.04. The van der Waals surface area contributed by atoms with Gasteiger partial charge in [-0.05, 0) is 21.8 Å². The lowest BCUT2D eigenvalue weighted by atomic mass is 10.1. The minimum absolute atomic E-state index is 0.366. The lowest BCUT2D eigenvalue weighted by Crippen LogP contribution is -1.99. The molecule has 0 amide bonds. The summed E-state index contributed by atoms with van der Waals surface area (Å²) in [4.78, 5) is 10.5. The molecule has 0 saturated carbocycles. The van der Waals surface area contributed by atoms with Crippen molar-refractivity contribution in [2.75, 3.05) is 0 Å². The summed E-state index contributed by atoms with van der Waals surface area (Å²) in [5.74, 6) is 0.366. The van der Waals surface area contributed by atoms with E-state index in [1.54, 1.807) is 4.68 Å². The van der Waals surface area contributed by atoms with Crippen LogP contribution in [0.3, 0.4) is 0 Å². The first-order valence-corrected chi connectivity index (χ1v) is 4.54. The Morgan fingerprint density at radius 3 is 2.42 bits per heavy atom. The van der Waals surface area contributed by atoms with Crippen molar-refractivity contribution in [3.05, 3.63) is 15.9 Å². The van der Waals surface area contributed by atoms with Crippen molar-refractivity contribution in [2.45, 2.75) is 19.8 Å². The van der Waals surface area contributed by atoms with Gasteiger partial charge in [0.25, 0.3) is 0 Å². The van der Waals surface area contributed by atoms with Gasteiger partial charge in [-0.25, -0.2) is 0 Å². The molecule has 0 fully saturated rings. The van der Waals surface area contributed by atoms with Crippen LogP contribution in [0.5, 0.6) is 0 Å². The Labute approximate surface area is 79.9 Å². The molecular weight excluding hydrogens is 220 g/mol. The Morgan fingerprint density at radius 1 is 1.58 bits per heavy atom. The molecule has 0 saturated heterocycles. The number of halogens is 1. The minimum atomic E-state index is 0.366. The van der Waals surface area contributed by atoms with E-state index in [2.05, 4.69) is 34.9 Å². The molecule has 66 valence electrons. The summed E-state index contributed by atoms with van der Waals surface area (Å²) >= 11 is 3.35. The van der Waals surface area contributed by atoms with Crippen LogP contribution in [0, 0.1) is 0 Å². The standard InChI is InChI=1S/C8H11BrN2O/c1-5(2)8-7(9)6(4-12)10-11(8)3/h4-5H,1-3H3. The Kier molecular flexibility index (Phi) is 2.67. The summed E-state index contributed by atoms with van der Waals surface area (Å²) in [6.45, 7) is 4.13. The van der Waals surface area contributed by atoms with Crippen molar-refractivity contribution < 1.29 is 4.79 Å². The van der Waals surface area contributed by atoms with E-state index in [1.165, 1.54) is 0 Å². The van der Waals surface area contributed by atoms with Crippen molar-refractivity contribution in [2.24, 2.45) is 7.05 Å². The lowest BCUT2D eigenvalue weighted by molar-refractivity contribution is 0.111. The first-order valence-electron chi connectivity index (χ1n) is 3.75. The van der Waals surface area contributed by atoms with Crippen molar-refractivity contribution in [3.63, 3.8) is 0 Å². The number of hydrogen-bond acceptors (Lipinski definition) is 2. The van der Waals surface area contributed by atoms with E-state index >= 15 is 0 Å². The van der Waals surface area contributed by atoms with Crippen LogP contribution in [0.4, 0.5) is 0 Å². The molecule has 0 aliphatic heterocycles. The minimum Gasteiger partial charge on any atom is -0.296 e. The van der Waals surface area contributed by atoms with Crippen LogP contribution in [-0.2, 0) is 7.05 Å². The number of carbonyl (C=O) groups is 1. The van der Waals surface area contributed by atoms with Gasteiger partial charge in [0.05, 0.1) is 10.2 Å². The van der Waals surface area contributed by atoms with E-state index in [0.717, 1.165) is 16.5 Å². The first-order chi connectivity index (χ1) is 5.57. The van der Waals surface area contributed by atoms with E-state index in [0.29, 0.717) is 11.6 Å². The molecule has 0 aromatic carbocycles. The molecule has 1 aromatic heterocycles.